The van der Waals surface area contributed by atoms with Crippen molar-refractivity contribution in [2.45, 2.75) is 46.9 Å². The van der Waals surface area contributed by atoms with Crippen molar-refractivity contribution in [3.05, 3.63) is 58.7 Å². The Morgan fingerprint density at radius 3 is 2.15 bits per heavy atom. The van der Waals surface area contributed by atoms with Crippen LogP contribution in [0.5, 0.6) is 11.5 Å². The highest BCUT2D eigenvalue weighted by Gasteiger charge is 2.09. The minimum atomic E-state index is -0.385. The van der Waals surface area contributed by atoms with Crippen LogP contribution < -0.4 is 14.8 Å². The van der Waals surface area contributed by atoms with E-state index in [1.54, 1.807) is 0 Å². The van der Waals surface area contributed by atoms with Gasteiger partial charge >= 0.3 is 5.97 Å². The van der Waals surface area contributed by atoms with Crippen LogP contribution in [0.3, 0.4) is 0 Å². The van der Waals surface area contributed by atoms with E-state index in [1.165, 1.54) is 18.2 Å². The van der Waals surface area contributed by atoms with Gasteiger partial charge in [0.15, 0.2) is 6.61 Å². The lowest BCUT2D eigenvalue weighted by atomic mass is 10.1. The first kappa shape index (κ1) is 20.8. The third-order valence-electron chi connectivity index (χ3n) is 4.04. The van der Waals surface area contributed by atoms with Gasteiger partial charge in [-0.15, -0.1) is 0 Å². The standard InChI is InChI=1S/C22H29NO4/c1-15(2)27-20-8-6-18(7-9-20)12-23-13-19-10-16(3)22(17(4)11-19)26-14-21(24)25-5/h6-11,15,23H,12-14H2,1-5H3. The summed E-state index contributed by atoms with van der Waals surface area (Å²) in [6.07, 6.45) is 0.181. The predicted octanol–water partition coefficient (Wildman–Crippen LogP) is 3.93. The van der Waals surface area contributed by atoms with Gasteiger partial charge in [-0.2, -0.15) is 0 Å². The zero-order valence-corrected chi connectivity index (χ0v) is 16.8. The molecular weight excluding hydrogens is 342 g/mol. The molecule has 0 spiro atoms. The third-order valence-corrected chi connectivity index (χ3v) is 4.04. The lowest BCUT2D eigenvalue weighted by Gasteiger charge is -2.14. The van der Waals surface area contributed by atoms with Crippen LogP contribution in [0.1, 0.15) is 36.1 Å². The molecule has 0 heterocycles. The zero-order valence-electron chi connectivity index (χ0n) is 16.8. The molecule has 146 valence electrons. The van der Waals surface area contributed by atoms with Gasteiger partial charge in [0.05, 0.1) is 13.2 Å². The molecule has 2 rings (SSSR count). The molecular formula is C22H29NO4. The van der Waals surface area contributed by atoms with E-state index in [9.17, 15) is 4.79 Å². The van der Waals surface area contributed by atoms with E-state index >= 15 is 0 Å². The van der Waals surface area contributed by atoms with Gasteiger partial charge in [-0.3, -0.25) is 0 Å². The monoisotopic (exact) mass is 371 g/mol. The van der Waals surface area contributed by atoms with Crippen molar-refractivity contribution in [3.8, 4) is 11.5 Å². The second kappa shape index (κ2) is 9.97. The van der Waals surface area contributed by atoms with Crippen molar-refractivity contribution in [2.24, 2.45) is 0 Å². The quantitative estimate of drug-likeness (QED) is 0.677. The van der Waals surface area contributed by atoms with E-state index < -0.39 is 0 Å². The van der Waals surface area contributed by atoms with Crippen LogP contribution in [-0.4, -0.2) is 25.8 Å². The van der Waals surface area contributed by atoms with Crippen LogP contribution in [0, 0.1) is 13.8 Å². The van der Waals surface area contributed by atoms with Gasteiger partial charge in [0.1, 0.15) is 11.5 Å². The Hall–Kier alpha value is -2.53. The van der Waals surface area contributed by atoms with Gasteiger partial charge in [0.25, 0.3) is 0 Å². The van der Waals surface area contributed by atoms with E-state index in [2.05, 4.69) is 34.3 Å². The Kier molecular flexibility index (Phi) is 7.67. The van der Waals surface area contributed by atoms with Crippen molar-refractivity contribution in [3.63, 3.8) is 0 Å². The number of hydrogen-bond donors (Lipinski definition) is 1. The average Bonchev–Trinajstić information content (AvgIpc) is 2.61. The Bertz CT molecular complexity index is 730. The molecule has 0 amide bonds. The molecule has 0 unspecified atom stereocenters. The first-order valence-corrected chi connectivity index (χ1v) is 9.15. The predicted molar refractivity (Wildman–Crippen MR) is 106 cm³/mol. The maximum atomic E-state index is 11.3. The molecule has 0 aromatic heterocycles. The zero-order chi connectivity index (χ0) is 19.8. The second-order valence-corrected chi connectivity index (χ2v) is 6.84. The third kappa shape index (κ3) is 6.61. The maximum absolute atomic E-state index is 11.3. The largest absolute Gasteiger partial charge is 0.491 e. The van der Waals surface area contributed by atoms with E-state index in [0.29, 0.717) is 0 Å². The highest BCUT2D eigenvalue weighted by atomic mass is 16.6. The molecule has 1 N–H and O–H groups in total. The number of methoxy groups -OCH3 is 1. The molecule has 0 aliphatic rings. The van der Waals surface area contributed by atoms with E-state index in [-0.39, 0.29) is 18.7 Å². The maximum Gasteiger partial charge on any atom is 0.343 e. The highest BCUT2D eigenvalue weighted by Crippen LogP contribution is 2.25. The van der Waals surface area contributed by atoms with Crippen molar-refractivity contribution in [2.75, 3.05) is 13.7 Å². The fourth-order valence-corrected chi connectivity index (χ4v) is 2.87. The van der Waals surface area contributed by atoms with Crippen LogP contribution in [0.2, 0.25) is 0 Å². The lowest BCUT2D eigenvalue weighted by Crippen LogP contribution is -2.15. The molecule has 0 aliphatic carbocycles. The van der Waals surface area contributed by atoms with E-state index in [1.807, 2.05) is 39.8 Å². The van der Waals surface area contributed by atoms with Gasteiger partial charge in [0, 0.05) is 13.1 Å². The normalized spacial score (nSPS) is 10.7. The highest BCUT2D eigenvalue weighted by molar-refractivity contribution is 5.71. The van der Waals surface area contributed by atoms with Gasteiger partial charge in [-0.05, 0) is 62.1 Å². The molecule has 0 radical (unpaired) electrons. The first-order valence-electron chi connectivity index (χ1n) is 9.15. The molecule has 5 nitrogen and oxygen atoms in total. The molecule has 0 fully saturated rings. The number of hydrogen-bond acceptors (Lipinski definition) is 5. The number of carbonyl (C=O) groups is 1. The molecule has 0 saturated heterocycles. The number of benzene rings is 2. The van der Waals surface area contributed by atoms with E-state index in [0.717, 1.165) is 35.7 Å². The fourth-order valence-electron chi connectivity index (χ4n) is 2.87. The van der Waals surface area contributed by atoms with Crippen molar-refractivity contribution in [1.82, 2.24) is 5.32 Å². The Balaban J connectivity index is 1.89. The molecule has 5 heteroatoms. The van der Waals surface area contributed by atoms with Crippen molar-refractivity contribution >= 4 is 5.97 Å². The van der Waals surface area contributed by atoms with Crippen LogP contribution in [-0.2, 0) is 22.6 Å². The summed E-state index contributed by atoms with van der Waals surface area (Å²) in [6.45, 7) is 9.46. The summed E-state index contributed by atoms with van der Waals surface area (Å²) in [6, 6.07) is 12.3. The van der Waals surface area contributed by atoms with Crippen LogP contribution in [0.25, 0.3) is 0 Å². The topological polar surface area (TPSA) is 56.8 Å². The van der Waals surface area contributed by atoms with Gasteiger partial charge in [-0.25, -0.2) is 4.79 Å². The number of aryl methyl sites for hydroxylation is 2. The summed E-state index contributed by atoms with van der Waals surface area (Å²) < 4.78 is 15.9. The Labute approximate surface area is 161 Å². The van der Waals surface area contributed by atoms with Crippen LogP contribution in [0.15, 0.2) is 36.4 Å². The number of nitrogens with one attached hydrogen (secondary N) is 1. The van der Waals surface area contributed by atoms with Crippen molar-refractivity contribution < 1.29 is 19.0 Å². The smallest absolute Gasteiger partial charge is 0.343 e. The van der Waals surface area contributed by atoms with E-state index in [4.69, 9.17) is 9.47 Å². The summed E-state index contributed by atoms with van der Waals surface area (Å²) in [5.74, 6) is 1.25. The van der Waals surface area contributed by atoms with Gasteiger partial charge < -0.3 is 19.5 Å². The molecule has 0 bridgehead atoms. The summed E-state index contributed by atoms with van der Waals surface area (Å²) in [5, 5.41) is 3.46. The number of esters is 1. The minimum Gasteiger partial charge on any atom is -0.491 e. The molecule has 2 aromatic carbocycles. The first-order chi connectivity index (χ1) is 12.9. The Morgan fingerprint density at radius 2 is 1.59 bits per heavy atom. The molecule has 0 saturated carbocycles. The summed E-state index contributed by atoms with van der Waals surface area (Å²) in [7, 11) is 1.35. The van der Waals surface area contributed by atoms with Crippen LogP contribution >= 0.6 is 0 Å². The molecule has 27 heavy (non-hydrogen) atoms. The molecule has 2 aromatic rings. The average molecular weight is 371 g/mol. The van der Waals surface area contributed by atoms with Crippen LogP contribution in [0.4, 0.5) is 0 Å². The second-order valence-electron chi connectivity index (χ2n) is 6.84. The summed E-state index contributed by atoms with van der Waals surface area (Å²) in [5.41, 5.74) is 4.39. The van der Waals surface area contributed by atoms with Gasteiger partial charge in [0.2, 0.25) is 0 Å². The molecule has 0 aliphatic heterocycles. The lowest BCUT2D eigenvalue weighted by molar-refractivity contribution is -0.142. The Morgan fingerprint density at radius 1 is 1.00 bits per heavy atom. The fraction of sp³-hybridized carbons (Fsp3) is 0.409. The minimum absolute atomic E-state index is 0.0771. The number of rotatable bonds is 9. The van der Waals surface area contributed by atoms with Crippen molar-refractivity contribution in [1.29, 1.82) is 0 Å². The van der Waals surface area contributed by atoms with Gasteiger partial charge in [-0.1, -0.05) is 24.3 Å². The molecule has 0 atom stereocenters. The summed E-state index contributed by atoms with van der Waals surface area (Å²) in [4.78, 5) is 11.3. The number of ether oxygens (including phenoxy) is 3. The SMILES string of the molecule is COC(=O)COc1c(C)cc(CNCc2ccc(OC(C)C)cc2)cc1C. The number of carbonyl (C=O) groups excluding carboxylic acids is 1. The summed E-state index contributed by atoms with van der Waals surface area (Å²) >= 11 is 0.